The average Bonchev–Trinajstić information content (AvgIpc) is 1.84. The van der Waals surface area contributed by atoms with E-state index in [2.05, 4.69) is 38.5 Å². The number of nitrogens with zero attached hydrogens (tertiary/aromatic N) is 3. The Labute approximate surface area is 74.3 Å². The highest BCUT2D eigenvalue weighted by atomic mass is 32.1. The van der Waals surface area contributed by atoms with Crippen LogP contribution >= 0.6 is 0 Å². The molecule has 0 radical (unpaired) electrons. The molecule has 0 atom stereocenters. The molecule has 12 heavy (non-hydrogen) atoms. The Balaban J connectivity index is 0.000000354. The van der Waals surface area contributed by atoms with Gasteiger partial charge in [0.15, 0.2) is 0 Å². The Hall–Kier alpha value is -1.70. The highest BCUT2D eigenvalue weighted by molar-refractivity contribution is 7.50. The molecular weight excluding hydrogens is 180 g/mol. The minimum Gasteiger partial charge on any atom is -0.368 e. The van der Waals surface area contributed by atoms with E-state index in [9.17, 15) is 0 Å². The minimum absolute atomic E-state index is 0.0417. The van der Waals surface area contributed by atoms with Gasteiger partial charge in [-0.3, -0.25) is 0 Å². The number of aromatic nitrogens is 3. The van der Waals surface area contributed by atoms with Crippen LogP contribution in [0.3, 0.4) is 0 Å². The van der Waals surface area contributed by atoms with Crippen molar-refractivity contribution in [2.24, 2.45) is 0 Å². The summed E-state index contributed by atoms with van der Waals surface area (Å²) in [7, 11) is 0. The van der Waals surface area contributed by atoms with Crippen LogP contribution < -0.4 is 17.2 Å². The number of hydrogen-bond acceptors (Lipinski definition) is 7. The van der Waals surface area contributed by atoms with Crippen molar-refractivity contribution in [2.75, 3.05) is 17.2 Å². The summed E-state index contributed by atoms with van der Waals surface area (Å²) >= 11 is 3.78. The lowest BCUT2D eigenvalue weighted by molar-refractivity contribution is -0.227. The summed E-state index contributed by atoms with van der Waals surface area (Å²) in [6.45, 7) is 2.80. The molecule has 0 bridgehead atoms. The molecule has 1 rings (SSSR count). The van der Waals surface area contributed by atoms with E-state index in [-0.39, 0.29) is 17.8 Å². The second-order valence-electron chi connectivity index (χ2n) is 1.53. The first-order chi connectivity index (χ1) is 5.60. The van der Waals surface area contributed by atoms with Gasteiger partial charge in [0, 0.05) is 0 Å². The van der Waals surface area contributed by atoms with Gasteiger partial charge in [-0.1, -0.05) is 0 Å². The number of nitrogen functional groups attached to an aromatic ring is 3. The lowest BCUT2D eigenvalue weighted by Gasteiger charge is -1.93. The number of anilines is 3. The molecule has 0 spiro atoms. The molecule has 0 fully saturated rings. The predicted octanol–water partition coefficient (Wildman–Crippen LogP) is -1.57. The molecule has 0 unspecified atom stereocenters. The lowest BCUT2D eigenvalue weighted by Crippen LogP contribution is -2.05. The van der Waals surface area contributed by atoms with E-state index in [1.807, 2.05) is 0 Å². The van der Waals surface area contributed by atoms with Crippen LogP contribution in [-0.4, -0.2) is 21.7 Å². The quantitative estimate of drug-likeness (QED) is 0.331. The number of rotatable bonds is 0. The summed E-state index contributed by atoms with van der Waals surface area (Å²) in [4.78, 5) is 10.5. The third-order valence-corrected chi connectivity index (χ3v) is 0.687. The Morgan fingerprint density at radius 3 is 1.33 bits per heavy atom. The fraction of sp³-hybridized carbons (Fsp3) is 0. The van der Waals surface area contributed by atoms with Gasteiger partial charge in [-0.05, 0) is 0 Å². The fourth-order valence-corrected chi connectivity index (χ4v) is 0.427. The van der Waals surface area contributed by atoms with Crippen LogP contribution in [0, 0.1) is 0 Å². The van der Waals surface area contributed by atoms with Gasteiger partial charge in [0.25, 0.3) is 6.79 Å². The molecule has 66 valence electrons. The molecule has 0 aliphatic rings. The summed E-state index contributed by atoms with van der Waals surface area (Å²) < 4.78 is 3.58. The zero-order valence-electron chi connectivity index (χ0n) is 6.10. The number of hydrogen-bond donors (Lipinski definition) is 3. The zero-order chi connectivity index (χ0) is 9.56. The van der Waals surface area contributed by atoms with Crippen molar-refractivity contribution in [3.8, 4) is 0 Å². The maximum Gasteiger partial charge on any atom is 0.253 e. The second-order valence-corrected chi connectivity index (χ2v) is 1.76. The fourth-order valence-electron chi connectivity index (χ4n) is 0.427. The molecule has 7 nitrogen and oxygen atoms in total. The number of nitrogens with two attached hydrogens (primary N) is 3. The van der Waals surface area contributed by atoms with Crippen LogP contribution in [0.25, 0.3) is 0 Å². The van der Waals surface area contributed by atoms with Crippen molar-refractivity contribution in [3.05, 3.63) is 0 Å². The Kier molecular flexibility index (Phi) is 4.31. The SMILES string of the molecule is C=[O+][S-].Nc1nc(N)nc(N)n1. The molecule has 0 aliphatic carbocycles. The van der Waals surface area contributed by atoms with E-state index >= 15 is 0 Å². The molecule has 0 amide bonds. The van der Waals surface area contributed by atoms with Crippen molar-refractivity contribution in [1.82, 2.24) is 15.0 Å². The third-order valence-electron chi connectivity index (χ3n) is 0.687. The van der Waals surface area contributed by atoms with Crippen molar-refractivity contribution < 1.29 is 3.87 Å². The zero-order valence-corrected chi connectivity index (χ0v) is 6.91. The van der Waals surface area contributed by atoms with Crippen LogP contribution in [0.5, 0.6) is 0 Å². The molecule has 1 aromatic heterocycles. The Bertz CT molecular complexity index is 215. The summed E-state index contributed by atoms with van der Waals surface area (Å²) in [6, 6.07) is 0. The monoisotopic (exact) mass is 188 g/mol. The number of carbonyl (C=O) groups excluding carboxylic acids is 1. The van der Waals surface area contributed by atoms with Crippen LogP contribution in [0.2, 0.25) is 0 Å². The van der Waals surface area contributed by atoms with E-state index in [1.165, 1.54) is 0 Å². The third kappa shape index (κ3) is 4.17. The molecule has 6 N–H and O–H groups in total. The first-order valence-electron chi connectivity index (χ1n) is 2.66. The first-order valence-corrected chi connectivity index (χ1v) is 3.00. The maximum absolute atomic E-state index is 5.14. The summed E-state index contributed by atoms with van der Waals surface area (Å²) in [5, 5.41) is 0. The largest absolute Gasteiger partial charge is 0.368 e. The first kappa shape index (κ1) is 10.3. The molecule has 1 heterocycles. The van der Waals surface area contributed by atoms with Crippen molar-refractivity contribution in [1.29, 1.82) is 0 Å². The average molecular weight is 188 g/mol. The molecule has 0 saturated heterocycles. The van der Waals surface area contributed by atoms with Gasteiger partial charge in [-0.15, -0.1) is 0 Å². The van der Waals surface area contributed by atoms with E-state index in [0.717, 1.165) is 0 Å². The molecule has 0 aliphatic heterocycles. The highest BCUT2D eigenvalue weighted by Gasteiger charge is 1.93. The lowest BCUT2D eigenvalue weighted by atomic mass is 10.9. The van der Waals surface area contributed by atoms with Crippen molar-refractivity contribution in [3.63, 3.8) is 0 Å². The smallest absolute Gasteiger partial charge is 0.253 e. The van der Waals surface area contributed by atoms with Gasteiger partial charge in [0.2, 0.25) is 17.8 Å². The standard InChI is InChI=1S/C3H6N6.CH2OS/c4-1-7-2(5)9-3(6)8-1;1-2-3/h(H6,4,5,6,7,8,9);1H2. The summed E-state index contributed by atoms with van der Waals surface area (Å²) in [5.74, 6) is 0.125. The molecule has 0 aromatic carbocycles. The highest BCUT2D eigenvalue weighted by Crippen LogP contribution is 1.97. The van der Waals surface area contributed by atoms with Crippen LogP contribution in [0.1, 0.15) is 0 Å². The normalized spacial score (nSPS) is 8.00. The van der Waals surface area contributed by atoms with Crippen molar-refractivity contribution in [2.45, 2.75) is 0 Å². The van der Waals surface area contributed by atoms with Crippen LogP contribution in [0.4, 0.5) is 17.8 Å². The van der Waals surface area contributed by atoms with Crippen molar-refractivity contribution >= 4 is 37.5 Å². The van der Waals surface area contributed by atoms with Gasteiger partial charge in [-0.25, -0.2) is 12.9 Å². The maximum atomic E-state index is 5.14. The van der Waals surface area contributed by atoms with E-state index < -0.39 is 0 Å². The van der Waals surface area contributed by atoms with Gasteiger partial charge in [0.05, 0.1) is 0 Å². The van der Waals surface area contributed by atoms with Gasteiger partial charge < -0.3 is 21.1 Å². The second kappa shape index (κ2) is 5.02. The van der Waals surface area contributed by atoms with E-state index in [4.69, 9.17) is 17.2 Å². The Morgan fingerprint density at radius 2 is 1.17 bits per heavy atom. The van der Waals surface area contributed by atoms with Crippen LogP contribution in [0.15, 0.2) is 0 Å². The molecular formula is C4H8N6OS. The van der Waals surface area contributed by atoms with Gasteiger partial charge in [0.1, 0.15) is 0 Å². The molecule has 8 heteroatoms. The van der Waals surface area contributed by atoms with Gasteiger partial charge in [-0.2, -0.15) is 15.0 Å². The van der Waals surface area contributed by atoms with E-state index in [0.29, 0.717) is 0 Å². The Morgan fingerprint density at radius 1 is 1.00 bits per heavy atom. The molecule has 1 aromatic rings. The minimum atomic E-state index is 0.0417. The van der Waals surface area contributed by atoms with E-state index in [1.54, 1.807) is 0 Å². The summed E-state index contributed by atoms with van der Waals surface area (Å²) in [5.41, 5.74) is 15.4. The topological polar surface area (TPSA) is 128 Å². The molecule has 0 saturated carbocycles. The van der Waals surface area contributed by atoms with Crippen LogP contribution in [-0.2, 0) is 16.8 Å². The van der Waals surface area contributed by atoms with Gasteiger partial charge >= 0.3 is 0 Å². The summed E-state index contributed by atoms with van der Waals surface area (Å²) in [6.07, 6.45) is 0. The predicted molar refractivity (Wildman–Crippen MR) is 47.6 cm³/mol.